The van der Waals surface area contributed by atoms with Crippen LogP contribution in [0.2, 0.25) is 0 Å². The molecule has 0 saturated carbocycles. The molecule has 146 valence electrons. The summed E-state index contributed by atoms with van der Waals surface area (Å²) in [4.78, 5) is 34.9. The van der Waals surface area contributed by atoms with Crippen LogP contribution in [0.5, 0.6) is 5.75 Å². The molecule has 1 fully saturated rings. The number of hydrogen-bond donors (Lipinski definition) is 1. The van der Waals surface area contributed by atoms with Gasteiger partial charge in [-0.05, 0) is 25.1 Å². The Morgan fingerprint density at radius 1 is 1.43 bits per heavy atom. The molecule has 1 aliphatic rings. The molecule has 0 aliphatic carbocycles. The van der Waals surface area contributed by atoms with Gasteiger partial charge in [-0.2, -0.15) is 5.10 Å². The third kappa shape index (κ3) is 3.81. The van der Waals surface area contributed by atoms with E-state index in [2.05, 4.69) is 20.4 Å². The summed E-state index contributed by atoms with van der Waals surface area (Å²) in [6, 6.07) is 5.68. The fraction of sp³-hybridized carbons (Fsp3) is 0.389. The molecule has 1 N–H and O–H groups in total. The van der Waals surface area contributed by atoms with Gasteiger partial charge in [0.05, 0.1) is 29.3 Å². The molecule has 1 unspecified atom stereocenters. The first-order valence-corrected chi connectivity index (χ1v) is 9.89. The molecule has 3 aromatic rings. The van der Waals surface area contributed by atoms with Crippen molar-refractivity contribution in [3.8, 4) is 5.75 Å². The summed E-state index contributed by atoms with van der Waals surface area (Å²) in [6.45, 7) is 3.84. The van der Waals surface area contributed by atoms with Crippen molar-refractivity contribution < 1.29 is 14.3 Å². The summed E-state index contributed by atoms with van der Waals surface area (Å²) in [6.07, 6.45) is 3.23. The van der Waals surface area contributed by atoms with Gasteiger partial charge in [-0.15, -0.1) is 0 Å². The quantitative estimate of drug-likeness (QED) is 0.644. The second kappa shape index (κ2) is 7.93. The van der Waals surface area contributed by atoms with Crippen LogP contribution in [0.3, 0.4) is 0 Å². The van der Waals surface area contributed by atoms with E-state index < -0.39 is 0 Å². The summed E-state index contributed by atoms with van der Waals surface area (Å²) in [5.74, 6) is 0.188. The van der Waals surface area contributed by atoms with Gasteiger partial charge in [0.15, 0.2) is 5.13 Å². The monoisotopic (exact) mass is 400 g/mol. The number of hydrogen-bond acceptors (Lipinski definition) is 7. The van der Waals surface area contributed by atoms with E-state index in [0.29, 0.717) is 31.4 Å². The topological polar surface area (TPSA) is 102 Å². The van der Waals surface area contributed by atoms with E-state index in [4.69, 9.17) is 4.74 Å². The minimum atomic E-state index is -0.380. The summed E-state index contributed by atoms with van der Waals surface area (Å²) in [5, 5.41) is 7.47. The molecule has 2 aromatic heterocycles. The van der Waals surface area contributed by atoms with Crippen LogP contribution >= 0.6 is 11.3 Å². The molecule has 0 bridgehead atoms. The first-order valence-electron chi connectivity index (χ1n) is 9.08. The smallest absolute Gasteiger partial charge is 0.229 e. The number of ether oxygens (including phenoxy) is 1. The van der Waals surface area contributed by atoms with E-state index in [1.54, 1.807) is 15.9 Å². The number of carbonyl (C=O) groups excluding carboxylic acids is 2. The molecule has 0 spiro atoms. The van der Waals surface area contributed by atoms with Crippen molar-refractivity contribution in [1.82, 2.24) is 25.1 Å². The predicted octanol–water partition coefficient (Wildman–Crippen LogP) is 1.46. The highest BCUT2D eigenvalue weighted by molar-refractivity contribution is 7.22. The van der Waals surface area contributed by atoms with Gasteiger partial charge >= 0.3 is 0 Å². The first kappa shape index (κ1) is 18.4. The van der Waals surface area contributed by atoms with Crippen LogP contribution in [0.25, 0.3) is 10.2 Å². The fourth-order valence-corrected chi connectivity index (χ4v) is 4.14. The van der Waals surface area contributed by atoms with E-state index in [0.717, 1.165) is 16.0 Å². The predicted molar refractivity (Wildman–Crippen MR) is 104 cm³/mol. The Kier molecular flexibility index (Phi) is 5.20. The Balaban J connectivity index is 1.39. The van der Waals surface area contributed by atoms with Crippen LogP contribution in [0.1, 0.15) is 13.3 Å². The molecule has 2 amide bonds. The van der Waals surface area contributed by atoms with Gasteiger partial charge in [0, 0.05) is 19.5 Å². The van der Waals surface area contributed by atoms with Crippen LogP contribution in [0, 0.1) is 5.92 Å². The molecular weight excluding hydrogens is 380 g/mol. The maximum absolute atomic E-state index is 12.5. The molecule has 4 rings (SSSR count). The number of benzene rings is 1. The number of anilines is 1. The zero-order valence-corrected chi connectivity index (χ0v) is 16.2. The lowest BCUT2D eigenvalue weighted by Crippen LogP contribution is -2.34. The number of carbonyl (C=O) groups is 2. The van der Waals surface area contributed by atoms with Crippen molar-refractivity contribution in [3.05, 3.63) is 30.9 Å². The molecule has 28 heavy (non-hydrogen) atoms. The lowest BCUT2D eigenvalue weighted by molar-refractivity contribution is -0.126. The Morgan fingerprint density at radius 2 is 2.32 bits per heavy atom. The number of aromatic nitrogens is 4. The van der Waals surface area contributed by atoms with Crippen LogP contribution in [-0.4, -0.2) is 51.3 Å². The van der Waals surface area contributed by atoms with Crippen molar-refractivity contribution in [2.45, 2.75) is 19.9 Å². The molecular formula is C18H20N6O3S. The van der Waals surface area contributed by atoms with Crippen LogP contribution in [0.15, 0.2) is 30.9 Å². The lowest BCUT2D eigenvalue weighted by atomic mass is 10.1. The average Bonchev–Trinajstić information content (AvgIpc) is 3.40. The van der Waals surface area contributed by atoms with Gasteiger partial charge in [-0.25, -0.2) is 9.97 Å². The van der Waals surface area contributed by atoms with Gasteiger partial charge < -0.3 is 10.1 Å². The van der Waals surface area contributed by atoms with Crippen molar-refractivity contribution in [2.75, 3.05) is 24.6 Å². The lowest BCUT2D eigenvalue weighted by Gasteiger charge is -2.13. The summed E-state index contributed by atoms with van der Waals surface area (Å²) in [5.41, 5.74) is 0.817. The van der Waals surface area contributed by atoms with Crippen molar-refractivity contribution in [1.29, 1.82) is 0 Å². The minimum Gasteiger partial charge on any atom is -0.494 e. The van der Waals surface area contributed by atoms with E-state index in [-0.39, 0.29) is 24.2 Å². The fourth-order valence-electron chi connectivity index (χ4n) is 3.12. The van der Waals surface area contributed by atoms with Crippen LogP contribution < -0.4 is 15.0 Å². The van der Waals surface area contributed by atoms with Crippen LogP contribution in [0.4, 0.5) is 5.13 Å². The van der Waals surface area contributed by atoms with Crippen molar-refractivity contribution in [3.63, 3.8) is 0 Å². The van der Waals surface area contributed by atoms with Gasteiger partial charge in [0.2, 0.25) is 11.8 Å². The van der Waals surface area contributed by atoms with E-state index in [9.17, 15) is 9.59 Å². The Morgan fingerprint density at radius 3 is 3.11 bits per heavy atom. The maximum Gasteiger partial charge on any atom is 0.229 e. The van der Waals surface area contributed by atoms with Crippen LogP contribution in [-0.2, 0) is 16.1 Å². The third-order valence-corrected chi connectivity index (χ3v) is 5.53. The Bertz CT molecular complexity index is 987. The Hall–Kier alpha value is -3.01. The van der Waals surface area contributed by atoms with Gasteiger partial charge in [-0.1, -0.05) is 11.3 Å². The highest BCUT2D eigenvalue weighted by atomic mass is 32.1. The number of amides is 2. The minimum absolute atomic E-state index is 0.0829. The highest BCUT2D eigenvalue weighted by Crippen LogP contribution is 2.34. The molecule has 0 radical (unpaired) electrons. The normalized spacial score (nSPS) is 16.7. The molecule has 1 aliphatic heterocycles. The van der Waals surface area contributed by atoms with Gasteiger partial charge in [0.1, 0.15) is 18.4 Å². The zero-order valence-electron chi connectivity index (χ0n) is 15.4. The largest absolute Gasteiger partial charge is 0.494 e. The summed E-state index contributed by atoms with van der Waals surface area (Å²) < 4.78 is 8.11. The number of thiazole rings is 1. The molecule has 3 heterocycles. The van der Waals surface area contributed by atoms with Gasteiger partial charge in [-0.3, -0.25) is 19.2 Å². The summed E-state index contributed by atoms with van der Waals surface area (Å²) in [7, 11) is 0. The standard InChI is InChI=1S/C18H20N6O3S/c1-2-27-13-3-4-14-15(8-13)28-18(22-14)24-9-12(7-16(24)25)17(26)20-5-6-23-11-19-10-21-23/h3-4,8,10-12H,2,5-7,9H2,1H3,(H,20,26). The maximum atomic E-state index is 12.5. The molecule has 1 saturated heterocycles. The molecule has 1 atom stereocenters. The highest BCUT2D eigenvalue weighted by Gasteiger charge is 2.36. The van der Waals surface area contributed by atoms with E-state index >= 15 is 0 Å². The average molecular weight is 400 g/mol. The van der Waals surface area contributed by atoms with Crippen molar-refractivity contribution in [2.24, 2.45) is 5.92 Å². The third-order valence-electron chi connectivity index (χ3n) is 4.49. The number of nitrogens with one attached hydrogen (secondary N) is 1. The number of rotatable bonds is 7. The number of fused-ring (bicyclic) bond motifs is 1. The second-order valence-electron chi connectivity index (χ2n) is 6.41. The molecule has 9 nitrogen and oxygen atoms in total. The van der Waals surface area contributed by atoms with Crippen molar-refractivity contribution >= 4 is 38.5 Å². The molecule has 1 aromatic carbocycles. The number of nitrogens with zero attached hydrogens (tertiary/aromatic N) is 5. The van der Waals surface area contributed by atoms with E-state index in [1.165, 1.54) is 17.7 Å². The zero-order chi connectivity index (χ0) is 19.5. The van der Waals surface area contributed by atoms with Gasteiger partial charge in [0.25, 0.3) is 0 Å². The molecule has 10 heteroatoms. The SMILES string of the molecule is CCOc1ccc2nc(N3CC(C(=O)NCCn4cncn4)CC3=O)sc2c1. The van der Waals surface area contributed by atoms with E-state index in [1.807, 2.05) is 25.1 Å². The first-order chi connectivity index (χ1) is 13.6. The second-order valence-corrected chi connectivity index (χ2v) is 7.42. The summed E-state index contributed by atoms with van der Waals surface area (Å²) >= 11 is 1.43. The Labute approximate surface area is 165 Å².